The maximum Gasteiger partial charge on any atom is 0.338 e. The largest absolute Gasteiger partial charge is 0.452 e. The van der Waals surface area contributed by atoms with Crippen molar-refractivity contribution in [1.29, 1.82) is 0 Å². The number of pyridine rings is 1. The van der Waals surface area contributed by atoms with Gasteiger partial charge in [0.2, 0.25) is 0 Å². The van der Waals surface area contributed by atoms with E-state index in [-0.39, 0.29) is 28.0 Å². The molecule has 0 bridgehead atoms. The first kappa shape index (κ1) is 20.8. The van der Waals surface area contributed by atoms with Gasteiger partial charge in [0.1, 0.15) is 5.82 Å². The highest BCUT2D eigenvalue weighted by Gasteiger charge is 2.15. The summed E-state index contributed by atoms with van der Waals surface area (Å²) in [5.41, 5.74) is 0.391. The molecule has 29 heavy (non-hydrogen) atoms. The first-order chi connectivity index (χ1) is 13.9. The standard InChI is InChI=1S/C19H13Cl2N3O4S/c20-12-4-6-16(22-9-12)24-17(25)10-28-19(27)11-3-5-13(21)14(8-11)23-18(26)15-2-1-7-29-15/h1-9H,10H2,(H,23,26)(H,22,24,25). The number of benzene rings is 1. The van der Waals surface area contributed by atoms with Crippen LogP contribution in [0.5, 0.6) is 0 Å². The van der Waals surface area contributed by atoms with Gasteiger partial charge in [-0.1, -0.05) is 29.3 Å². The summed E-state index contributed by atoms with van der Waals surface area (Å²) in [7, 11) is 0. The van der Waals surface area contributed by atoms with Gasteiger partial charge < -0.3 is 15.4 Å². The van der Waals surface area contributed by atoms with Crippen molar-refractivity contribution in [2.75, 3.05) is 17.2 Å². The molecule has 148 valence electrons. The Bertz CT molecular complexity index is 1040. The van der Waals surface area contributed by atoms with Gasteiger partial charge in [0.15, 0.2) is 6.61 Å². The van der Waals surface area contributed by atoms with Crippen molar-refractivity contribution in [3.63, 3.8) is 0 Å². The first-order valence-electron chi connectivity index (χ1n) is 8.15. The molecule has 2 heterocycles. The summed E-state index contributed by atoms with van der Waals surface area (Å²) in [6.45, 7) is -0.511. The fourth-order valence-electron chi connectivity index (χ4n) is 2.18. The van der Waals surface area contributed by atoms with Crippen LogP contribution >= 0.6 is 34.5 Å². The molecule has 2 N–H and O–H groups in total. The van der Waals surface area contributed by atoms with Crippen LogP contribution in [0, 0.1) is 0 Å². The molecule has 0 aliphatic carbocycles. The van der Waals surface area contributed by atoms with E-state index < -0.39 is 18.5 Å². The predicted octanol–water partition coefficient (Wildman–Crippen LogP) is 4.50. The molecule has 0 fully saturated rings. The van der Waals surface area contributed by atoms with E-state index in [1.165, 1.54) is 41.8 Å². The van der Waals surface area contributed by atoms with E-state index in [0.717, 1.165) is 0 Å². The number of carbonyl (C=O) groups is 3. The molecule has 0 radical (unpaired) electrons. The highest BCUT2D eigenvalue weighted by atomic mass is 35.5. The second-order valence-corrected chi connectivity index (χ2v) is 7.40. The Morgan fingerprint density at radius 2 is 1.90 bits per heavy atom. The average Bonchev–Trinajstić information content (AvgIpc) is 3.24. The topological polar surface area (TPSA) is 97.4 Å². The van der Waals surface area contributed by atoms with Crippen LogP contribution in [0.2, 0.25) is 10.0 Å². The number of carbonyl (C=O) groups excluding carboxylic acids is 3. The Labute approximate surface area is 179 Å². The summed E-state index contributed by atoms with van der Waals surface area (Å²) >= 11 is 13.1. The third kappa shape index (κ3) is 5.77. The van der Waals surface area contributed by atoms with Crippen LogP contribution in [-0.2, 0) is 9.53 Å². The van der Waals surface area contributed by atoms with Crippen LogP contribution in [0.15, 0.2) is 54.0 Å². The molecule has 10 heteroatoms. The van der Waals surface area contributed by atoms with Gasteiger partial charge in [-0.25, -0.2) is 9.78 Å². The molecule has 3 aromatic rings. The van der Waals surface area contributed by atoms with Gasteiger partial charge in [0, 0.05) is 6.20 Å². The van der Waals surface area contributed by atoms with Crippen molar-refractivity contribution < 1.29 is 19.1 Å². The Kier molecular flexibility index (Phi) is 6.82. The summed E-state index contributed by atoms with van der Waals surface area (Å²) < 4.78 is 5.00. The second-order valence-electron chi connectivity index (χ2n) is 5.61. The Morgan fingerprint density at radius 3 is 2.59 bits per heavy atom. The number of anilines is 2. The van der Waals surface area contributed by atoms with Gasteiger partial charge in [-0.3, -0.25) is 9.59 Å². The minimum Gasteiger partial charge on any atom is -0.452 e. The number of rotatable bonds is 6. The molecule has 0 aliphatic heterocycles. The molecule has 0 atom stereocenters. The Morgan fingerprint density at radius 1 is 1.07 bits per heavy atom. The summed E-state index contributed by atoms with van der Waals surface area (Å²) in [5.74, 6) is -1.37. The molecule has 3 rings (SSSR count). The monoisotopic (exact) mass is 449 g/mol. The number of ether oxygens (including phenoxy) is 1. The van der Waals surface area contributed by atoms with Crippen LogP contribution < -0.4 is 10.6 Å². The zero-order valence-electron chi connectivity index (χ0n) is 14.6. The van der Waals surface area contributed by atoms with Gasteiger partial charge in [0.25, 0.3) is 11.8 Å². The van der Waals surface area contributed by atoms with E-state index in [1.807, 2.05) is 0 Å². The minimum absolute atomic E-state index is 0.133. The van der Waals surface area contributed by atoms with Crippen molar-refractivity contribution in [3.8, 4) is 0 Å². The molecule has 0 saturated carbocycles. The molecule has 1 aromatic carbocycles. The Balaban J connectivity index is 1.59. The zero-order valence-corrected chi connectivity index (χ0v) is 17.0. The minimum atomic E-state index is -0.743. The van der Waals surface area contributed by atoms with E-state index in [0.29, 0.717) is 9.90 Å². The maximum atomic E-state index is 12.2. The number of aromatic nitrogens is 1. The fourth-order valence-corrected chi connectivity index (χ4v) is 3.08. The number of nitrogens with one attached hydrogen (secondary N) is 2. The molecule has 0 aliphatic rings. The lowest BCUT2D eigenvalue weighted by atomic mass is 10.2. The number of esters is 1. The predicted molar refractivity (Wildman–Crippen MR) is 112 cm³/mol. The van der Waals surface area contributed by atoms with Crippen molar-refractivity contribution in [3.05, 3.63) is 74.5 Å². The van der Waals surface area contributed by atoms with Crippen LogP contribution in [0.25, 0.3) is 0 Å². The Hall–Kier alpha value is -2.94. The molecule has 2 aromatic heterocycles. The summed E-state index contributed by atoms with van der Waals surface area (Å²) in [5, 5.41) is 7.58. The van der Waals surface area contributed by atoms with E-state index in [9.17, 15) is 14.4 Å². The van der Waals surface area contributed by atoms with Crippen molar-refractivity contribution in [2.24, 2.45) is 0 Å². The van der Waals surface area contributed by atoms with Crippen molar-refractivity contribution in [1.82, 2.24) is 4.98 Å². The van der Waals surface area contributed by atoms with E-state index in [4.69, 9.17) is 27.9 Å². The lowest BCUT2D eigenvalue weighted by Crippen LogP contribution is -2.21. The number of amides is 2. The lowest BCUT2D eigenvalue weighted by Gasteiger charge is -2.09. The number of hydrogen-bond acceptors (Lipinski definition) is 6. The summed E-state index contributed by atoms with van der Waals surface area (Å²) in [6, 6.07) is 10.8. The molecule has 7 nitrogen and oxygen atoms in total. The van der Waals surface area contributed by atoms with E-state index >= 15 is 0 Å². The third-order valence-corrected chi connectivity index (χ3v) is 4.95. The van der Waals surface area contributed by atoms with Crippen molar-refractivity contribution in [2.45, 2.75) is 0 Å². The second kappa shape index (κ2) is 9.51. The lowest BCUT2D eigenvalue weighted by molar-refractivity contribution is -0.119. The average molecular weight is 450 g/mol. The number of nitrogens with zero attached hydrogens (tertiary/aromatic N) is 1. The van der Waals surface area contributed by atoms with Gasteiger partial charge in [-0.2, -0.15) is 0 Å². The fraction of sp³-hybridized carbons (Fsp3) is 0.0526. The highest BCUT2D eigenvalue weighted by molar-refractivity contribution is 7.12. The normalized spacial score (nSPS) is 10.3. The quantitative estimate of drug-likeness (QED) is 0.539. The summed E-state index contributed by atoms with van der Waals surface area (Å²) in [4.78, 5) is 40.7. The smallest absolute Gasteiger partial charge is 0.338 e. The molecular weight excluding hydrogens is 437 g/mol. The van der Waals surface area contributed by atoms with Gasteiger partial charge in [-0.05, 0) is 41.8 Å². The van der Waals surface area contributed by atoms with E-state index in [2.05, 4.69) is 15.6 Å². The molecule has 0 spiro atoms. The zero-order chi connectivity index (χ0) is 20.8. The molecule has 0 unspecified atom stereocenters. The van der Waals surface area contributed by atoms with Gasteiger partial charge >= 0.3 is 5.97 Å². The van der Waals surface area contributed by atoms with E-state index in [1.54, 1.807) is 23.6 Å². The van der Waals surface area contributed by atoms with Gasteiger partial charge in [-0.15, -0.1) is 11.3 Å². The summed E-state index contributed by atoms with van der Waals surface area (Å²) in [6.07, 6.45) is 1.38. The third-order valence-electron chi connectivity index (χ3n) is 3.52. The molecule has 2 amide bonds. The SMILES string of the molecule is O=C(COC(=O)c1ccc(Cl)c(NC(=O)c2cccs2)c1)Nc1ccc(Cl)cn1. The number of hydrogen-bond donors (Lipinski definition) is 2. The van der Waals surface area contributed by atoms with Crippen LogP contribution in [0.3, 0.4) is 0 Å². The van der Waals surface area contributed by atoms with Crippen LogP contribution in [0.1, 0.15) is 20.0 Å². The number of thiophene rings is 1. The maximum absolute atomic E-state index is 12.2. The molecule has 0 saturated heterocycles. The van der Waals surface area contributed by atoms with Crippen LogP contribution in [-0.4, -0.2) is 29.4 Å². The van der Waals surface area contributed by atoms with Crippen LogP contribution in [0.4, 0.5) is 11.5 Å². The number of halogens is 2. The highest BCUT2D eigenvalue weighted by Crippen LogP contribution is 2.24. The molecular formula is C19H13Cl2N3O4S. The van der Waals surface area contributed by atoms with Gasteiger partial charge in [0.05, 0.1) is 26.2 Å². The van der Waals surface area contributed by atoms with Crippen molar-refractivity contribution >= 4 is 63.8 Å². The first-order valence-corrected chi connectivity index (χ1v) is 9.79.